The van der Waals surface area contributed by atoms with Crippen LogP contribution in [0.1, 0.15) is 52.9 Å². The number of guanidine groups is 1. The normalized spacial score (nSPS) is 22.1. The Balaban J connectivity index is 1.27. The molecule has 3 rings (SSSR count). The summed E-state index contributed by atoms with van der Waals surface area (Å²) in [5.74, 6) is -0.142. The van der Waals surface area contributed by atoms with Crippen LogP contribution in [0.4, 0.5) is 9.59 Å². The average molecular weight is 525 g/mol. The maximum absolute atomic E-state index is 12.3. The Morgan fingerprint density at radius 1 is 1.08 bits per heavy atom. The quantitative estimate of drug-likeness (QED) is 0.305. The molecular formula is C25H44N6O6. The minimum absolute atomic E-state index is 0.0835. The van der Waals surface area contributed by atoms with Crippen LogP contribution in [0.15, 0.2) is 0 Å². The topological polar surface area (TPSA) is 139 Å². The molecule has 12 nitrogen and oxygen atoms in total. The first kappa shape index (κ1) is 29.0. The summed E-state index contributed by atoms with van der Waals surface area (Å²) in [4.78, 5) is 43.1. The van der Waals surface area contributed by atoms with Gasteiger partial charge in [0.1, 0.15) is 11.7 Å². The predicted molar refractivity (Wildman–Crippen MR) is 138 cm³/mol. The van der Waals surface area contributed by atoms with Crippen molar-refractivity contribution in [3.8, 4) is 0 Å². The molecule has 0 aromatic heterocycles. The number of carbonyl (C=O) groups excluding carboxylic acids is 2. The van der Waals surface area contributed by atoms with E-state index in [4.69, 9.17) is 20.0 Å². The van der Waals surface area contributed by atoms with Crippen molar-refractivity contribution in [3.63, 3.8) is 0 Å². The van der Waals surface area contributed by atoms with Crippen LogP contribution in [0.5, 0.6) is 0 Å². The van der Waals surface area contributed by atoms with E-state index in [-0.39, 0.29) is 24.6 Å². The van der Waals surface area contributed by atoms with Gasteiger partial charge in [0, 0.05) is 58.9 Å². The largest absolute Gasteiger partial charge is 0.481 e. The molecule has 0 bridgehead atoms. The van der Waals surface area contributed by atoms with Crippen LogP contribution in [0.3, 0.4) is 0 Å². The van der Waals surface area contributed by atoms with E-state index in [1.165, 1.54) is 0 Å². The molecule has 3 fully saturated rings. The summed E-state index contributed by atoms with van der Waals surface area (Å²) in [5, 5.41) is 19.5. The third-order valence-corrected chi connectivity index (χ3v) is 7.11. The molecule has 3 N–H and O–H groups in total. The summed E-state index contributed by atoms with van der Waals surface area (Å²) in [6.07, 6.45) is 3.05. The zero-order valence-electron chi connectivity index (χ0n) is 22.5. The predicted octanol–water partition coefficient (Wildman–Crippen LogP) is 1.85. The lowest BCUT2D eigenvalue weighted by Gasteiger charge is -2.35. The van der Waals surface area contributed by atoms with E-state index in [1.54, 1.807) is 20.8 Å². The number of carbonyl (C=O) groups is 3. The maximum Gasteiger partial charge on any atom is 0.414 e. The van der Waals surface area contributed by atoms with Crippen molar-refractivity contribution in [2.75, 3.05) is 65.4 Å². The molecule has 0 radical (unpaired) electrons. The number of nitrogens with one attached hydrogen (secondary N) is 2. The highest BCUT2D eigenvalue weighted by Crippen LogP contribution is 2.23. The molecule has 37 heavy (non-hydrogen) atoms. The van der Waals surface area contributed by atoms with Crippen LogP contribution >= 0.6 is 0 Å². The van der Waals surface area contributed by atoms with Crippen LogP contribution in [-0.4, -0.2) is 126 Å². The molecule has 12 heteroatoms. The first-order valence-electron chi connectivity index (χ1n) is 13.4. The molecule has 0 spiro atoms. The Hall–Kier alpha value is -2.60. The van der Waals surface area contributed by atoms with E-state index in [9.17, 15) is 14.4 Å². The molecule has 3 aliphatic heterocycles. The fourth-order valence-corrected chi connectivity index (χ4v) is 5.08. The molecule has 2 amide bonds. The third-order valence-electron chi connectivity index (χ3n) is 7.11. The van der Waals surface area contributed by atoms with Crippen molar-refractivity contribution in [1.82, 2.24) is 24.9 Å². The van der Waals surface area contributed by atoms with Gasteiger partial charge in [0.25, 0.3) is 0 Å². The molecule has 0 aromatic rings. The second-order valence-electron chi connectivity index (χ2n) is 11.3. The van der Waals surface area contributed by atoms with Gasteiger partial charge in [0.05, 0.1) is 13.0 Å². The molecular weight excluding hydrogens is 480 g/mol. The van der Waals surface area contributed by atoms with Gasteiger partial charge < -0.3 is 29.3 Å². The molecule has 0 saturated carbocycles. The minimum Gasteiger partial charge on any atom is -0.481 e. The zero-order valence-corrected chi connectivity index (χ0v) is 22.5. The smallest absolute Gasteiger partial charge is 0.414 e. The molecule has 1 unspecified atom stereocenters. The van der Waals surface area contributed by atoms with Crippen molar-refractivity contribution in [3.05, 3.63) is 0 Å². The number of amides is 2. The second kappa shape index (κ2) is 13.3. The van der Waals surface area contributed by atoms with Gasteiger partial charge in [-0.3, -0.25) is 20.4 Å². The standard InChI is InChI=1S/C25H44N6O6/c1-25(2,3)37-23(34)27-22(26)30-11-6-19(7-12-30)5-4-9-31-18-20(36-24(31)35)17-29-15-13-28(14-16-29)10-8-21(32)33/h19-20H,4-18H2,1-3H3,(H,32,33)(H2,26,27,34). The molecule has 0 aliphatic carbocycles. The van der Waals surface area contributed by atoms with E-state index in [2.05, 4.69) is 15.1 Å². The van der Waals surface area contributed by atoms with Gasteiger partial charge in [0.15, 0.2) is 0 Å². The molecule has 3 saturated heterocycles. The van der Waals surface area contributed by atoms with Crippen LogP contribution in [0, 0.1) is 11.3 Å². The Bertz CT molecular complexity index is 802. The van der Waals surface area contributed by atoms with Crippen LogP contribution < -0.4 is 5.32 Å². The number of ether oxygens (including phenoxy) is 2. The van der Waals surface area contributed by atoms with E-state index < -0.39 is 17.7 Å². The van der Waals surface area contributed by atoms with Gasteiger partial charge in [-0.15, -0.1) is 0 Å². The Kier molecular flexibility index (Phi) is 10.4. The average Bonchev–Trinajstić information content (AvgIpc) is 3.16. The lowest BCUT2D eigenvalue weighted by Crippen LogP contribution is -2.49. The monoisotopic (exact) mass is 524 g/mol. The summed E-state index contributed by atoms with van der Waals surface area (Å²) in [5.41, 5.74) is -0.598. The van der Waals surface area contributed by atoms with E-state index in [1.807, 2.05) is 9.80 Å². The SMILES string of the molecule is CC(C)(C)OC(=O)NC(=N)N1CCC(CCCN2CC(CN3CCN(CCC(=O)O)CC3)OC2=O)CC1. The van der Waals surface area contributed by atoms with Gasteiger partial charge in [-0.05, 0) is 52.4 Å². The number of likely N-dealkylation sites (tertiary alicyclic amines) is 1. The highest BCUT2D eigenvalue weighted by molar-refractivity contribution is 5.92. The molecule has 0 aromatic carbocycles. The van der Waals surface area contributed by atoms with E-state index in [0.717, 1.165) is 71.5 Å². The van der Waals surface area contributed by atoms with Crippen molar-refractivity contribution in [2.24, 2.45) is 5.92 Å². The molecule has 3 aliphatic rings. The zero-order chi connectivity index (χ0) is 27.0. The van der Waals surface area contributed by atoms with Crippen molar-refractivity contribution in [2.45, 2.75) is 64.6 Å². The number of piperazine rings is 1. The Morgan fingerprint density at radius 3 is 2.35 bits per heavy atom. The fraction of sp³-hybridized carbons (Fsp3) is 0.840. The van der Waals surface area contributed by atoms with Gasteiger partial charge in [-0.1, -0.05) is 0 Å². The highest BCUT2D eigenvalue weighted by atomic mass is 16.6. The van der Waals surface area contributed by atoms with Gasteiger partial charge in [0.2, 0.25) is 5.96 Å². The van der Waals surface area contributed by atoms with Gasteiger partial charge in [-0.25, -0.2) is 9.59 Å². The summed E-state index contributed by atoms with van der Waals surface area (Å²) in [6, 6.07) is 0. The number of piperidine rings is 1. The van der Waals surface area contributed by atoms with Crippen molar-refractivity contribution in [1.29, 1.82) is 5.41 Å². The number of rotatable bonds is 9. The second-order valence-corrected chi connectivity index (χ2v) is 11.3. The Labute approximate surface area is 219 Å². The van der Waals surface area contributed by atoms with Gasteiger partial charge in [-0.2, -0.15) is 0 Å². The number of cyclic esters (lactones) is 1. The number of aliphatic carboxylic acids is 1. The Morgan fingerprint density at radius 2 is 1.73 bits per heavy atom. The number of alkyl carbamates (subject to hydrolysis) is 1. The van der Waals surface area contributed by atoms with Crippen LogP contribution in [-0.2, 0) is 14.3 Å². The molecule has 210 valence electrons. The summed E-state index contributed by atoms with van der Waals surface area (Å²) in [6.45, 7) is 12.8. The number of hydrogen-bond acceptors (Lipinski definition) is 8. The minimum atomic E-state index is -0.765. The van der Waals surface area contributed by atoms with Crippen molar-refractivity contribution < 1.29 is 29.0 Å². The van der Waals surface area contributed by atoms with Crippen LogP contribution in [0.25, 0.3) is 0 Å². The lowest BCUT2D eigenvalue weighted by atomic mass is 9.92. The first-order chi connectivity index (χ1) is 17.5. The molecule has 3 heterocycles. The number of carboxylic acid groups (broad SMARTS) is 1. The van der Waals surface area contributed by atoms with Gasteiger partial charge >= 0.3 is 18.2 Å². The molecule has 1 atom stereocenters. The summed E-state index contributed by atoms with van der Waals surface area (Å²) < 4.78 is 10.8. The lowest BCUT2D eigenvalue weighted by molar-refractivity contribution is -0.137. The summed E-state index contributed by atoms with van der Waals surface area (Å²) >= 11 is 0. The van der Waals surface area contributed by atoms with Crippen LogP contribution in [0.2, 0.25) is 0 Å². The number of hydrogen-bond donors (Lipinski definition) is 3. The van der Waals surface area contributed by atoms with E-state index in [0.29, 0.717) is 25.6 Å². The fourth-order valence-electron chi connectivity index (χ4n) is 5.08. The number of carboxylic acids is 1. The maximum atomic E-state index is 12.3. The summed E-state index contributed by atoms with van der Waals surface area (Å²) in [7, 11) is 0. The third kappa shape index (κ3) is 9.99. The highest BCUT2D eigenvalue weighted by Gasteiger charge is 2.33. The van der Waals surface area contributed by atoms with Crippen molar-refractivity contribution >= 4 is 24.1 Å². The number of nitrogens with zero attached hydrogens (tertiary/aromatic N) is 4. The van der Waals surface area contributed by atoms with E-state index >= 15 is 0 Å². The first-order valence-corrected chi connectivity index (χ1v) is 13.4.